The second-order valence-corrected chi connectivity index (χ2v) is 2.89. The van der Waals surface area contributed by atoms with Gasteiger partial charge >= 0.3 is 18.1 Å². The molecular weight excluding hydrogens is 267 g/mol. The van der Waals surface area contributed by atoms with Gasteiger partial charge in [-0.25, -0.2) is 4.79 Å². The van der Waals surface area contributed by atoms with Gasteiger partial charge in [-0.2, -0.15) is 22.0 Å². The van der Waals surface area contributed by atoms with Gasteiger partial charge < -0.3 is 9.47 Å². The Labute approximate surface area is 98.3 Å². The van der Waals surface area contributed by atoms with E-state index in [9.17, 15) is 31.5 Å². The highest BCUT2D eigenvalue weighted by molar-refractivity contribution is 6.20. The molecule has 0 bridgehead atoms. The third kappa shape index (κ3) is 3.41. The molecule has 0 N–H and O–H groups in total. The maximum atomic E-state index is 12.7. The first-order valence-corrected chi connectivity index (χ1v) is 4.49. The van der Waals surface area contributed by atoms with Crippen molar-refractivity contribution in [3.63, 3.8) is 0 Å². The molecule has 0 fully saturated rings. The van der Waals surface area contributed by atoms with Gasteiger partial charge in [0, 0.05) is 0 Å². The van der Waals surface area contributed by atoms with Gasteiger partial charge in [-0.3, -0.25) is 4.79 Å². The second-order valence-electron chi connectivity index (χ2n) is 2.89. The zero-order valence-corrected chi connectivity index (χ0v) is 9.31. The monoisotopic (exact) mass is 276 g/mol. The predicted octanol–water partition coefficient (Wildman–Crippen LogP) is 1.85. The van der Waals surface area contributed by atoms with Crippen molar-refractivity contribution in [2.45, 2.75) is 19.0 Å². The van der Waals surface area contributed by atoms with Crippen LogP contribution in [0.3, 0.4) is 0 Å². The average Bonchev–Trinajstić information content (AvgIpc) is 2.23. The van der Waals surface area contributed by atoms with Gasteiger partial charge in [-0.05, 0) is 6.92 Å². The summed E-state index contributed by atoms with van der Waals surface area (Å²) in [4.78, 5) is 22.1. The van der Waals surface area contributed by atoms with Crippen molar-refractivity contribution < 1.29 is 41.0 Å². The Bertz CT molecular complexity index is 358. The lowest BCUT2D eigenvalue weighted by molar-refractivity contribution is -0.266. The molecule has 0 aliphatic rings. The van der Waals surface area contributed by atoms with E-state index in [0.29, 0.717) is 0 Å². The minimum absolute atomic E-state index is 0.181. The number of halogens is 5. The number of esters is 1. The summed E-state index contributed by atoms with van der Waals surface area (Å²) in [7, 11) is 0.873. The molecule has 0 aromatic carbocycles. The summed E-state index contributed by atoms with van der Waals surface area (Å²) in [6.45, 7) is 0.986. The van der Waals surface area contributed by atoms with Crippen LogP contribution in [0.25, 0.3) is 0 Å². The Balaban J connectivity index is 5.37. The van der Waals surface area contributed by atoms with E-state index >= 15 is 0 Å². The Morgan fingerprint density at radius 3 is 2.00 bits per heavy atom. The summed E-state index contributed by atoms with van der Waals surface area (Å²) in [6.07, 6.45) is -5.93. The normalized spacial score (nSPS) is 13.2. The molecule has 0 aliphatic heterocycles. The van der Waals surface area contributed by atoms with Gasteiger partial charge in [0.2, 0.25) is 0 Å². The smallest absolute Gasteiger partial charge is 0.461 e. The number of ketones is 1. The molecular formula is C9H9F5O4. The van der Waals surface area contributed by atoms with Crippen LogP contribution >= 0.6 is 0 Å². The van der Waals surface area contributed by atoms with Gasteiger partial charge in [-0.15, -0.1) is 0 Å². The van der Waals surface area contributed by atoms with E-state index < -0.39 is 29.4 Å². The first-order chi connectivity index (χ1) is 8.09. The summed E-state index contributed by atoms with van der Waals surface area (Å²) in [5, 5.41) is 0. The molecule has 0 amide bonds. The van der Waals surface area contributed by atoms with Crippen LogP contribution in [-0.2, 0) is 19.1 Å². The molecule has 0 unspecified atom stereocenters. The van der Waals surface area contributed by atoms with Crippen molar-refractivity contribution in [1.82, 2.24) is 0 Å². The summed E-state index contributed by atoms with van der Waals surface area (Å²) < 4.78 is 69.6. The van der Waals surface area contributed by atoms with E-state index in [2.05, 4.69) is 9.47 Å². The lowest BCUT2D eigenvalue weighted by atomic mass is 10.1. The molecule has 0 heterocycles. The summed E-state index contributed by atoms with van der Waals surface area (Å²) in [5.74, 6) is -10.0. The van der Waals surface area contributed by atoms with Crippen LogP contribution in [0.15, 0.2) is 11.8 Å². The largest absolute Gasteiger partial charge is 0.503 e. The van der Waals surface area contributed by atoms with E-state index in [0.717, 1.165) is 7.11 Å². The van der Waals surface area contributed by atoms with Crippen molar-refractivity contribution in [1.29, 1.82) is 0 Å². The van der Waals surface area contributed by atoms with Crippen LogP contribution in [0.2, 0.25) is 0 Å². The molecule has 0 saturated heterocycles. The van der Waals surface area contributed by atoms with Crippen molar-refractivity contribution in [2.24, 2.45) is 0 Å². The van der Waals surface area contributed by atoms with Crippen LogP contribution in [0.1, 0.15) is 6.92 Å². The van der Waals surface area contributed by atoms with Crippen LogP contribution in [0, 0.1) is 0 Å². The number of carbonyl (C=O) groups is 2. The van der Waals surface area contributed by atoms with E-state index in [-0.39, 0.29) is 12.9 Å². The molecule has 0 aliphatic carbocycles. The minimum atomic E-state index is -6.11. The third-order valence-electron chi connectivity index (χ3n) is 1.62. The molecule has 9 heteroatoms. The molecule has 0 spiro atoms. The highest BCUT2D eigenvalue weighted by Gasteiger charge is 2.64. The van der Waals surface area contributed by atoms with Crippen LogP contribution in [0.5, 0.6) is 0 Å². The fourth-order valence-corrected chi connectivity index (χ4v) is 0.819. The second kappa shape index (κ2) is 5.78. The zero-order valence-electron chi connectivity index (χ0n) is 9.31. The molecule has 0 aromatic rings. The van der Waals surface area contributed by atoms with Crippen molar-refractivity contribution in [2.75, 3.05) is 13.7 Å². The third-order valence-corrected chi connectivity index (χ3v) is 1.62. The quantitative estimate of drug-likeness (QED) is 0.192. The summed E-state index contributed by atoms with van der Waals surface area (Å²) >= 11 is 0. The number of hydrogen-bond donors (Lipinski definition) is 0. The molecule has 0 atom stereocenters. The number of ether oxygens (including phenoxy) is 2. The van der Waals surface area contributed by atoms with Crippen LogP contribution < -0.4 is 0 Å². The Morgan fingerprint density at radius 2 is 1.67 bits per heavy atom. The summed E-state index contributed by atoms with van der Waals surface area (Å²) in [5.41, 5.74) is -1.51. The average molecular weight is 276 g/mol. The van der Waals surface area contributed by atoms with Crippen LogP contribution in [-0.4, -0.2) is 37.6 Å². The van der Waals surface area contributed by atoms with Crippen LogP contribution in [0.4, 0.5) is 22.0 Å². The van der Waals surface area contributed by atoms with E-state index in [4.69, 9.17) is 0 Å². The molecule has 104 valence electrons. The number of carbonyl (C=O) groups excluding carboxylic acids is 2. The van der Waals surface area contributed by atoms with Gasteiger partial charge in [0.15, 0.2) is 0 Å². The highest BCUT2D eigenvalue weighted by atomic mass is 19.4. The topological polar surface area (TPSA) is 52.6 Å². The SMILES string of the molecule is CCOC(=O)/C(=C\OC)C(=O)C(F)(F)C(F)(F)F. The fourth-order valence-electron chi connectivity index (χ4n) is 0.819. The zero-order chi connectivity index (χ0) is 14.6. The van der Waals surface area contributed by atoms with Crippen molar-refractivity contribution >= 4 is 11.8 Å². The van der Waals surface area contributed by atoms with Crippen molar-refractivity contribution in [3.05, 3.63) is 11.8 Å². The van der Waals surface area contributed by atoms with E-state index in [1.54, 1.807) is 0 Å². The number of alkyl halides is 5. The number of methoxy groups -OCH3 is 1. The molecule has 18 heavy (non-hydrogen) atoms. The van der Waals surface area contributed by atoms with E-state index in [1.165, 1.54) is 6.92 Å². The minimum Gasteiger partial charge on any atom is -0.503 e. The first kappa shape index (κ1) is 16.3. The highest BCUT2D eigenvalue weighted by Crippen LogP contribution is 2.37. The van der Waals surface area contributed by atoms with E-state index in [1.807, 2.05) is 0 Å². The lowest BCUT2D eigenvalue weighted by Gasteiger charge is -2.18. The fraction of sp³-hybridized carbons (Fsp3) is 0.556. The Hall–Kier alpha value is -1.67. The Morgan fingerprint density at radius 1 is 1.17 bits per heavy atom. The standard InChI is InChI=1S/C9H9F5O4/c1-3-18-7(16)5(4-17-2)6(15)8(10,11)9(12,13)14/h4H,3H2,1-2H3/b5-4-. The Kier molecular flexibility index (Phi) is 5.25. The number of hydrogen-bond acceptors (Lipinski definition) is 4. The molecule has 0 radical (unpaired) electrons. The maximum absolute atomic E-state index is 12.7. The molecule has 0 aromatic heterocycles. The van der Waals surface area contributed by atoms with Gasteiger partial charge in [0.1, 0.15) is 11.8 Å². The number of Topliss-reactive ketones (excluding diaryl/α,β-unsaturated/α-hetero) is 1. The molecule has 0 saturated carbocycles. The van der Waals surface area contributed by atoms with Gasteiger partial charge in [-0.1, -0.05) is 0 Å². The summed E-state index contributed by atoms with van der Waals surface area (Å²) in [6, 6.07) is 0. The predicted molar refractivity (Wildman–Crippen MR) is 47.7 cm³/mol. The molecule has 4 nitrogen and oxygen atoms in total. The first-order valence-electron chi connectivity index (χ1n) is 4.49. The van der Waals surface area contributed by atoms with Gasteiger partial charge in [0.25, 0.3) is 5.78 Å². The maximum Gasteiger partial charge on any atom is 0.461 e. The lowest BCUT2D eigenvalue weighted by Crippen LogP contribution is -2.46. The number of rotatable bonds is 5. The van der Waals surface area contributed by atoms with Gasteiger partial charge in [0.05, 0.1) is 13.7 Å². The van der Waals surface area contributed by atoms with Crippen molar-refractivity contribution in [3.8, 4) is 0 Å². The molecule has 0 rings (SSSR count).